The van der Waals surface area contributed by atoms with Crippen molar-refractivity contribution in [2.75, 3.05) is 16.4 Å². The van der Waals surface area contributed by atoms with Crippen LogP contribution in [-0.4, -0.2) is 27.5 Å². The average molecular weight is 402 g/mol. The molecule has 2 amide bonds. The lowest BCUT2D eigenvalue weighted by molar-refractivity contribution is -0.384. The number of aromatic nitrogens is 1. The van der Waals surface area contributed by atoms with Crippen molar-refractivity contribution in [2.45, 2.75) is 11.3 Å². The fourth-order valence-corrected chi connectivity index (χ4v) is 4.14. The number of fused-ring (bicyclic) bond motifs is 1. The van der Waals surface area contributed by atoms with E-state index in [-0.39, 0.29) is 23.3 Å². The molecule has 0 fully saturated rings. The first-order valence-electron chi connectivity index (χ1n) is 7.76. The molecular formula is C17H14N4O4S2. The molecule has 0 aliphatic carbocycles. The van der Waals surface area contributed by atoms with Crippen LogP contribution in [0.2, 0.25) is 0 Å². The van der Waals surface area contributed by atoms with E-state index < -0.39 is 4.92 Å². The van der Waals surface area contributed by atoms with E-state index in [9.17, 15) is 19.7 Å². The van der Waals surface area contributed by atoms with Gasteiger partial charge in [0.15, 0.2) is 4.34 Å². The molecule has 8 nitrogen and oxygen atoms in total. The van der Waals surface area contributed by atoms with Crippen LogP contribution in [0.1, 0.15) is 6.92 Å². The van der Waals surface area contributed by atoms with Crippen molar-refractivity contribution in [1.29, 1.82) is 0 Å². The monoisotopic (exact) mass is 402 g/mol. The van der Waals surface area contributed by atoms with E-state index in [1.54, 1.807) is 6.07 Å². The molecule has 1 aromatic heterocycles. The maximum atomic E-state index is 12.1. The number of hydrogen-bond acceptors (Lipinski definition) is 7. The summed E-state index contributed by atoms with van der Waals surface area (Å²) in [6.07, 6.45) is 0. The maximum Gasteiger partial charge on any atom is 0.269 e. The number of non-ortho nitro benzene ring substituents is 1. The van der Waals surface area contributed by atoms with Crippen molar-refractivity contribution in [3.63, 3.8) is 0 Å². The van der Waals surface area contributed by atoms with E-state index in [0.29, 0.717) is 11.4 Å². The zero-order chi connectivity index (χ0) is 19.4. The van der Waals surface area contributed by atoms with Crippen LogP contribution in [0.4, 0.5) is 17.1 Å². The number of thiazole rings is 1. The molecule has 0 aliphatic heterocycles. The van der Waals surface area contributed by atoms with Gasteiger partial charge in [-0.25, -0.2) is 4.98 Å². The van der Waals surface area contributed by atoms with Gasteiger partial charge in [0.2, 0.25) is 11.8 Å². The van der Waals surface area contributed by atoms with E-state index in [0.717, 1.165) is 14.6 Å². The molecule has 0 aliphatic rings. The van der Waals surface area contributed by atoms with Crippen molar-refractivity contribution in [3.05, 3.63) is 52.6 Å². The number of nitrogens with one attached hydrogen (secondary N) is 2. The maximum absolute atomic E-state index is 12.1. The van der Waals surface area contributed by atoms with Crippen LogP contribution < -0.4 is 10.6 Å². The number of thioether (sulfide) groups is 1. The Morgan fingerprint density at radius 3 is 2.52 bits per heavy atom. The lowest BCUT2D eigenvalue weighted by atomic mass is 10.3. The third-order valence-electron chi connectivity index (χ3n) is 3.38. The van der Waals surface area contributed by atoms with E-state index in [1.807, 2.05) is 12.1 Å². The highest BCUT2D eigenvalue weighted by Crippen LogP contribution is 2.31. The van der Waals surface area contributed by atoms with E-state index in [1.165, 1.54) is 54.3 Å². The summed E-state index contributed by atoms with van der Waals surface area (Å²) in [4.78, 5) is 37.8. The molecular weight excluding hydrogens is 388 g/mol. The minimum Gasteiger partial charge on any atom is -0.326 e. The van der Waals surface area contributed by atoms with E-state index in [2.05, 4.69) is 15.6 Å². The normalized spacial score (nSPS) is 10.6. The molecule has 0 unspecified atom stereocenters. The summed E-state index contributed by atoms with van der Waals surface area (Å²) >= 11 is 2.74. The Hall–Kier alpha value is -2.98. The summed E-state index contributed by atoms with van der Waals surface area (Å²) in [5.74, 6) is -0.210. The van der Waals surface area contributed by atoms with Gasteiger partial charge in [0.25, 0.3) is 5.69 Å². The molecule has 0 saturated carbocycles. The van der Waals surface area contributed by atoms with Crippen LogP contribution in [0.25, 0.3) is 10.2 Å². The number of anilines is 2. The SMILES string of the molecule is CC(=O)Nc1ccc2nc(SCC(=O)Nc3ccc([N+](=O)[O-])cc3)sc2c1. The fraction of sp³-hybridized carbons (Fsp3) is 0.118. The molecule has 3 rings (SSSR count). The number of amides is 2. The molecule has 0 atom stereocenters. The van der Waals surface area contributed by atoms with Crippen LogP contribution in [0, 0.1) is 10.1 Å². The standard InChI is InChI=1S/C17H14N4O4S2/c1-10(22)18-12-4-7-14-15(8-12)27-17(20-14)26-9-16(23)19-11-2-5-13(6-3-11)21(24)25/h2-8H,9H2,1H3,(H,18,22)(H,19,23). The Morgan fingerprint density at radius 1 is 1.15 bits per heavy atom. The smallest absolute Gasteiger partial charge is 0.269 e. The molecule has 2 N–H and O–H groups in total. The van der Waals surface area contributed by atoms with Gasteiger partial charge in [-0.15, -0.1) is 11.3 Å². The molecule has 10 heteroatoms. The lowest BCUT2D eigenvalue weighted by Gasteiger charge is -2.03. The summed E-state index contributed by atoms with van der Waals surface area (Å²) < 4.78 is 1.66. The zero-order valence-corrected chi connectivity index (χ0v) is 15.7. The number of benzene rings is 2. The molecule has 2 aromatic carbocycles. The number of nitrogens with zero attached hydrogens (tertiary/aromatic N) is 2. The Morgan fingerprint density at radius 2 is 1.85 bits per heavy atom. The zero-order valence-electron chi connectivity index (χ0n) is 14.1. The topological polar surface area (TPSA) is 114 Å². The van der Waals surface area contributed by atoms with Gasteiger partial charge in [-0.1, -0.05) is 11.8 Å². The Labute approximate surface area is 162 Å². The van der Waals surface area contributed by atoms with Crippen LogP contribution in [-0.2, 0) is 9.59 Å². The second kappa shape index (κ2) is 8.14. The number of nitro benzene ring substituents is 1. The van der Waals surface area contributed by atoms with Gasteiger partial charge in [-0.3, -0.25) is 19.7 Å². The van der Waals surface area contributed by atoms with Gasteiger partial charge in [0.1, 0.15) is 0 Å². The lowest BCUT2D eigenvalue weighted by Crippen LogP contribution is -2.13. The third kappa shape index (κ3) is 5.02. The second-order valence-electron chi connectivity index (χ2n) is 5.48. The molecule has 3 aromatic rings. The molecule has 1 heterocycles. The first-order valence-corrected chi connectivity index (χ1v) is 9.56. The number of carbonyl (C=O) groups is 2. The Bertz CT molecular complexity index is 1020. The highest BCUT2D eigenvalue weighted by molar-refractivity contribution is 8.01. The van der Waals surface area contributed by atoms with E-state index >= 15 is 0 Å². The summed E-state index contributed by atoms with van der Waals surface area (Å²) in [6, 6.07) is 11.1. The molecule has 0 saturated heterocycles. The average Bonchev–Trinajstić information content (AvgIpc) is 3.02. The van der Waals surface area contributed by atoms with Crippen LogP contribution in [0.15, 0.2) is 46.8 Å². The van der Waals surface area contributed by atoms with Crippen LogP contribution in [0.3, 0.4) is 0 Å². The van der Waals surface area contributed by atoms with Gasteiger partial charge in [0, 0.05) is 30.4 Å². The van der Waals surface area contributed by atoms with Crippen molar-refractivity contribution < 1.29 is 14.5 Å². The van der Waals surface area contributed by atoms with Crippen molar-refractivity contribution in [2.24, 2.45) is 0 Å². The van der Waals surface area contributed by atoms with Crippen molar-refractivity contribution >= 4 is 62.2 Å². The van der Waals surface area contributed by atoms with Gasteiger partial charge < -0.3 is 10.6 Å². The predicted molar refractivity (Wildman–Crippen MR) is 106 cm³/mol. The quantitative estimate of drug-likeness (QED) is 0.367. The Kier molecular flexibility index (Phi) is 5.67. The summed E-state index contributed by atoms with van der Waals surface area (Å²) in [6.45, 7) is 1.45. The first kappa shape index (κ1) is 18.8. The van der Waals surface area contributed by atoms with Crippen molar-refractivity contribution in [3.8, 4) is 0 Å². The van der Waals surface area contributed by atoms with Crippen molar-refractivity contribution in [1.82, 2.24) is 4.98 Å². The van der Waals surface area contributed by atoms with Gasteiger partial charge >= 0.3 is 0 Å². The number of nitro groups is 1. The number of hydrogen-bond donors (Lipinski definition) is 2. The third-order valence-corrected chi connectivity index (χ3v) is 5.54. The van der Waals surface area contributed by atoms with Gasteiger partial charge in [-0.2, -0.15) is 0 Å². The summed E-state index contributed by atoms with van der Waals surface area (Å²) in [7, 11) is 0. The first-order chi connectivity index (χ1) is 12.9. The Balaban J connectivity index is 1.59. The second-order valence-corrected chi connectivity index (χ2v) is 7.74. The molecule has 27 heavy (non-hydrogen) atoms. The van der Waals surface area contributed by atoms with Crippen LogP contribution in [0.5, 0.6) is 0 Å². The summed E-state index contributed by atoms with van der Waals surface area (Å²) in [5, 5.41) is 16.0. The largest absolute Gasteiger partial charge is 0.326 e. The highest BCUT2D eigenvalue weighted by atomic mass is 32.2. The minimum absolute atomic E-state index is 0.0320. The van der Waals surface area contributed by atoms with E-state index in [4.69, 9.17) is 0 Å². The molecule has 138 valence electrons. The van der Waals surface area contributed by atoms with Crippen LogP contribution >= 0.6 is 23.1 Å². The summed E-state index contributed by atoms with van der Waals surface area (Å²) in [5.41, 5.74) is 1.96. The minimum atomic E-state index is -0.494. The fourth-order valence-electron chi connectivity index (χ4n) is 2.24. The van der Waals surface area contributed by atoms with Gasteiger partial charge in [0.05, 0.1) is 20.9 Å². The number of rotatable bonds is 6. The highest BCUT2D eigenvalue weighted by Gasteiger charge is 2.10. The number of carbonyl (C=O) groups excluding carboxylic acids is 2. The molecule has 0 spiro atoms. The van der Waals surface area contributed by atoms with Gasteiger partial charge in [-0.05, 0) is 30.3 Å². The molecule has 0 radical (unpaired) electrons. The predicted octanol–water partition coefficient (Wildman–Crippen LogP) is 3.89. The molecule has 0 bridgehead atoms.